The number of imidazole rings is 1. The van der Waals surface area contributed by atoms with Gasteiger partial charge < -0.3 is 10.1 Å². The molecule has 4 rings (SSSR count). The summed E-state index contributed by atoms with van der Waals surface area (Å²) in [5.41, 5.74) is 3.30. The molecule has 4 aromatic rings. The SMILES string of the molecule is COC[C@H](NC(=O)c1csc2nc(-c3ccccc3)cn12)c1ccnn1C. The number of thiazole rings is 1. The van der Waals surface area contributed by atoms with E-state index in [9.17, 15) is 4.79 Å². The Labute approximate surface area is 160 Å². The number of nitrogens with zero attached hydrogens (tertiary/aromatic N) is 4. The Hall–Kier alpha value is -2.97. The molecule has 138 valence electrons. The van der Waals surface area contributed by atoms with E-state index in [4.69, 9.17) is 4.74 Å². The van der Waals surface area contributed by atoms with Crippen LogP contribution < -0.4 is 5.32 Å². The highest BCUT2D eigenvalue weighted by molar-refractivity contribution is 7.15. The molecular formula is C19H19N5O2S. The van der Waals surface area contributed by atoms with E-state index in [1.54, 1.807) is 18.0 Å². The van der Waals surface area contributed by atoms with E-state index >= 15 is 0 Å². The zero-order valence-electron chi connectivity index (χ0n) is 15.0. The van der Waals surface area contributed by atoms with Crippen LogP contribution in [0.5, 0.6) is 0 Å². The van der Waals surface area contributed by atoms with Crippen molar-refractivity contribution in [1.82, 2.24) is 24.5 Å². The summed E-state index contributed by atoms with van der Waals surface area (Å²) in [6.45, 7) is 0.359. The molecule has 0 bridgehead atoms. The van der Waals surface area contributed by atoms with Gasteiger partial charge in [0, 0.05) is 37.5 Å². The van der Waals surface area contributed by atoms with Gasteiger partial charge >= 0.3 is 0 Å². The summed E-state index contributed by atoms with van der Waals surface area (Å²) in [7, 11) is 3.45. The third kappa shape index (κ3) is 3.36. The van der Waals surface area contributed by atoms with Gasteiger partial charge in [-0.1, -0.05) is 30.3 Å². The Bertz CT molecular complexity index is 1070. The largest absolute Gasteiger partial charge is 0.382 e. The molecule has 0 fully saturated rings. The Balaban J connectivity index is 1.62. The van der Waals surface area contributed by atoms with Gasteiger partial charge in [0.2, 0.25) is 0 Å². The van der Waals surface area contributed by atoms with E-state index in [1.165, 1.54) is 11.3 Å². The molecule has 8 heteroatoms. The number of benzene rings is 1. The Morgan fingerprint density at radius 3 is 2.81 bits per heavy atom. The molecule has 0 radical (unpaired) electrons. The molecule has 1 N–H and O–H groups in total. The highest BCUT2D eigenvalue weighted by atomic mass is 32.1. The summed E-state index contributed by atoms with van der Waals surface area (Å²) in [5, 5.41) is 9.03. The molecular weight excluding hydrogens is 362 g/mol. The standard InChI is InChI=1S/C19H19N5O2S/c1-23-16(8-9-20-23)15(11-26-2)21-18(25)17-12-27-19-22-14(10-24(17)19)13-6-4-3-5-7-13/h3-10,12,15H,11H2,1-2H3,(H,21,25)/t15-/m0/s1. The summed E-state index contributed by atoms with van der Waals surface area (Å²) in [6.07, 6.45) is 3.60. The summed E-state index contributed by atoms with van der Waals surface area (Å²) in [4.78, 5) is 18.3. The second kappa shape index (κ2) is 7.34. The number of rotatable bonds is 6. The van der Waals surface area contributed by atoms with E-state index in [1.807, 2.05) is 59.4 Å². The number of hydrogen-bond acceptors (Lipinski definition) is 5. The predicted molar refractivity (Wildman–Crippen MR) is 104 cm³/mol. The van der Waals surface area contributed by atoms with E-state index in [2.05, 4.69) is 15.4 Å². The Morgan fingerprint density at radius 1 is 1.30 bits per heavy atom. The van der Waals surface area contributed by atoms with E-state index in [0.717, 1.165) is 21.9 Å². The van der Waals surface area contributed by atoms with E-state index in [0.29, 0.717) is 12.3 Å². The summed E-state index contributed by atoms with van der Waals surface area (Å²) >= 11 is 1.44. The van der Waals surface area contributed by atoms with Gasteiger partial charge in [-0.05, 0) is 6.07 Å². The first-order chi connectivity index (χ1) is 13.2. The fraction of sp³-hybridized carbons (Fsp3) is 0.211. The highest BCUT2D eigenvalue weighted by Crippen LogP contribution is 2.24. The lowest BCUT2D eigenvalue weighted by molar-refractivity contribution is 0.0886. The van der Waals surface area contributed by atoms with Gasteiger partial charge in [0.05, 0.1) is 24.0 Å². The second-order valence-corrected chi connectivity index (χ2v) is 6.96. The minimum Gasteiger partial charge on any atom is -0.382 e. The van der Waals surface area contributed by atoms with Crippen molar-refractivity contribution in [2.75, 3.05) is 13.7 Å². The van der Waals surface area contributed by atoms with Crippen LogP contribution >= 0.6 is 11.3 Å². The number of ether oxygens (including phenoxy) is 1. The smallest absolute Gasteiger partial charge is 0.269 e. The first-order valence-corrected chi connectivity index (χ1v) is 9.35. The first-order valence-electron chi connectivity index (χ1n) is 8.47. The molecule has 27 heavy (non-hydrogen) atoms. The van der Waals surface area contributed by atoms with Gasteiger partial charge in [0.25, 0.3) is 5.91 Å². The maximum atomic E-state index is 12.9. The maximum absolute atomic E-state index is 12.9. The van der Waals surface area contributed by atoms with E-state index in [-0.39, 0.29) is 11.9 Å². The van der Waals surface area contributed by atoms with Crippen LogP contribution in [0, 0.1) is 0 Å². The molecule has 0 saturated heterocycles. The highest BCUT2D eigenvalue weighted by Gasteiger charge is 2.21. The number of fused-ring (bicyclic) bond motifs is 1. The number of carbonyl (C=O) groups excluding carboxylic acids is 1. The maximum Gasteiger partial charge on any atom is 0.269 e. The van der Waals surface area contributed by atoms with Crippen molar-refractivity contribution < 1.29 is 9.53 Å². The van der Waals surface area contributed by atoms with Crippen LogP contribution in [0.15, 0.2) is 54.2 Å². The Morgan fingerprint density at radius 2 is 2.11 bits per heavy atom. The van der Waals surface area contributed by atoms with Crippen molar-refractivity contribution in [1.29, 1.82) is 0 Å². The lowest BCUT2D eigenvalue weighted by Gasteiger charge is -2.18. The molecule has 3 heterocycles. The number of aryl methyl sites for hydroxylation is 1. The van der Waals surface area contributed by atoms with Crippen LogP contribution in [-0.2, 0) is 11.8 Å². The lowest BCUT2D eigenvalue weighted by atomic mass is 10.2. The van der Waals surface area contributed by atoms with Gasteiger partial charge in [-0.25, -0.2) is 4.98 Å². The quantitative estimate of drug-likeness (QED) is 0.557. The molecule has 1 aromatic carbocycles. The van der Waals surface area contributed by atoms with Gasteiger partial charge in [0.1, 0.15) is 5.69 Å². The third-order valence-electron chi connectivity index (χ3n) is 4.37. The minimum absolute atomic E-state index is 0.179. The zero-order valence-corrected chi connectivity index (χ0v) is 15.8. The van der Waals surface area contributed by atoms with Gasteiger partial charge in [-0.2, -0.15) is 5.10 Å². The first kappa shape index (κ1) is 17.4. The minimum atomic E-state index is -0.290. The number of amides is 1. The average molecular weight is 381 g/mol. The fourth-order valence-electron chi connectivity index (χ4n) is 3.02. The monoisotopic (exact) mass is 381 g/mol. The summed E-state index contributed by atoms with van der Waals surface area (Å²) in [5.74, 6) is -0.179. The number of nitrogens with one attached hydrogen (secondary N) is 1. The zero-order chi connectivity index (χ0) is 18.8. The van der Waals surface area contributed by atoms with Crippen LogP contribution in [-0.4, -0.2) is 38.8 Å². The average Bonchev–Trinajstić information content (AvgIpc) is 3.37. The molecule has 3 aromatic heterocycles. The molecule has 1 atom stereocenters. The van der Waals surface area contributed by atoms with Crippen molar-refractivity contribution in [2.45, 2.75) is 6.04 Å². The molecule has 0 aliphatic rings. The molecule has 1 amide bonds. The van der Waals surface area contributed by atoms with Crippen LogP contribution in [0.4, 0.5) is 0 Å². The van der Waals surface area contributed by atoms with Gasteiger partial charge in [-0.3, -0.25) is 13.9 Å². The molecule has 7 nitrogen and oxygen atoms in total. The van der Waals surface area contributed by atoms with Gasteiger partial charge in [-0.15, -0.1) is 11.3 Å². The second-order valence-electron chi connectivity index (χ2n) is 6.13. The third-order valence-corrected chi connectivity index (χ3v) is 5.21. The molecule has 0 aliphatic heterocycles. The Kier molecular flexibility index (Phi) is 4.74. The van der Waals surface area contributed by atoms with Crippen molar-refractivity contribution >= 4 is 22.2 Å². The van der Waals surface area contributed by atoms with E-state index < -0.39 is 0 Å². The normalized spacial score (nSPS) is 12.4. The number of hydrogen-bond donors (Lipinski definition) is 1. The van der Waals surface area contributed by atoms with Crippen molar-refractivity contribution in [3.8, 4) is 11.3 Å². The number of methoxy groups -OCH3 is 1. The molecule has 0 saturated carbocycles. The van der Waals surface area contributed by atoms with Crippen LogP contribution in [0.25, 0.3) is 16.2 Å². The van der Waals surface area contributed by atoms with Crippen LogP contribution in [0.2, 0.25) is 0 Å². The summed E-state index contributed by atoms with van der Waals surface area (Å²) < 4.78 is 8.84. The fourth-order valence-corrected chi connectivity index (χ4v) is 3.87. The molecule has 0 aliphatic carbocycles. The lowest BCUT2D eigenvalue weighted by Crippen LogP contribution is -2.33. The summed E-state index contributed by atoms with van der Waals surface area (Å²) in [6, 6.07) is 11.5. The topological polar surface area (TPSA) is 73.4 Å². The van der Waals surface area contributed by atoms with Crippen LogP contribution in [0.3, 0.4) is 0 Å². The van der Waals surface area contributed by atoms with Gasteiger partial charge in [0.15, 0.2) is 4.96 Å². The number of carbonyl (C=O) groups is 1. The van der Waals surface area contributed by atoms with Crippen molar-refractivity contribution in [3.63, 3.8) is 0 Å². The van der Waals surface area contributed by atoms with Crippen molar-refractivity contribution in [3.05, 3.63) is 65.6 Å². The predicted octanol–water partition coefficient (Wildman–Crippen LogP) is 2.91. The molecule has 0 spiro atoms. The molecule has 0 unspecified atom stereocenters. The number of aromatic nitrogens is 4. The van der Waals surface area contributed by atoms with Crippen molar-refractivity contribution in [2.24, 2.45) is 7.05 Å². The van der Waals surface area contributed by atoms with Crippen LogP contribution in [0.1, 0.15) is 22.2 Å².